The maximum absolute atomic E-state index is 11.1. The molecule has 0 spiro atoms. The molecule has 0 saturated carbocycles. The van der Waals surface area contributed by atoms with Crippen molar-refractivity contribution in [3.05, 3.63) is 29.3 Å². The second-order valence-corrected chi connectivity index (χ2v) is 4.48. The fourth-order valence-electron chi connectivity index (χ4n) is 0.704. The molecule has 68 valence electrons. The van der Waals surface area contributed by atoms with Crippen LogP contribution in [0.2, 0.25) is 5.02 Å². The van der Waals surface area contributed by atoms with Gasteiger partial charge in [-0.2, -0.15) is 0 Å². The first kappa shape index (κ1) is 13.7. The van der Waals surface area contributed by atoms with Crippen molar-refractivity contribution in [3.8, 4) is 0 Å². The zero-order valence-corrected chi connectivity index (χ0v) is 8.12. The first-order chi connectivity index (χ1) is 5.58. The van der Waals surface area contributed by atoms with E-state index in [0.717, 1.165) is 0 Å². The van der Waals surface area contributed by atoms with Gasteiger partial charge < -0.3 is 0 Å². The molecule has 3 nitrogen and oxygen atoms in total. The van der Waals surface area contributed by atoms with E-state index in [1.165, 1.54) is 12.1 Å². The van der Waals surface area contributed by atoms with Crippen molar-refractivity contribution in [3.63, 3.8) is 0 Å². The third kappa shape index (κ3) is 3.40. The van der Waals surface area contributed by atoms with Crippen LogP contribution < -0.4 is 4.24 Å². The molecule has 0 aliphatic carbocycles. The molecule has 0 fully saturated rings. The van der Waals surface area contributed by atoms with Gasteiger partial charge in [0, 0.05) is 0 Å². The fourth-order valence-corrected chi connectivity index (χ4v) is 2.06. The fraction of sp³-hybridized carbons (Fsp3) is 0. The van der Waals surface area contributed by atoms with Gasteiger partial charge in [0.05, 0.1) is 5.02 Å². The summed E-state index contributed by atoms with van der Waals surface area (Å²) < 4.78 is 23.8. The maximum atomic E-state index is 11.1. The quantitative estimate of drug-likeness (QED) is 0.631. The number of halogens is 2. The van der Waals surface area contributed by atoms with Crippen LogP contribution in [0.5, 0.6) is 0 Å². The van der Waals surface area contributed by atoms with Crippen LogP contribution in [-0.2, 0) is 10.0 Å². The molecule has 0 bridgehead atoms. The van der Waals surface area contributed by atoms with Crippen molar-refractivity contribution in [2.75, 3.05) is 0 Å². The summed E-state index contributed by atoms with van der Waals surface area (Å²) in [5, 5.41) is 0.144. The summed E-state index contributed by atoms with van der Waals surface area (Å²) in [5.74, 6) is 0. The van der Waals surface area contributed by atoms with Gasteiger partial charge in [0.1, 0.15) is 4.90 Å². The van der Waals surface area contributed by atoms with Crippen LogP contribution in [0.1, 0.15) is 0 Å². The molecule has 0 atom stereocenters. The van der Waals surface area contributed by atoms with Gasteiger partial charge >= 0.3 is 29.6 Å². The topological polar surface area (TPSA) is 46.2 Å². The van der Waals surface area contributed by atoms with E-state index in [-0.39, 0.29) is 39.5 Å². The third-order valence-corrected chi connectivity index (χ3v) is 3.42. The molecular weight excluding hydrogens is 244 g/mol. The van der Waals surface area contributed by atoms with Crippen molar-refractivity contribution >= 4 is 63.0 Å². The summed E-state index contributed by atoms with van der Waals surface area (Å²) in [6.07, 6.45) is 0. The second kappa shape index (κ2) is 5.56. The molecule has 0 aliphatic heterocycles. The van der Waals surface area contributed by atoms with E-state index < -0.39 is 10.0 Å². The Bertz CT molecular complexity index is 382. The molecule has 1 N–H and O–H groups in total. The van der Waals surface area contributed by atoms with E-state index in [2.05, 4.69) is 0 Å². The number of hydrogen-bond donors (Lipinski definition) is 1. The Labute approximate surface area is 109 Å². The van der Waals surface area contributed by atoms with Crippen LogP contribution in [-0.4, -0.2) is 38.0 Å². The molecule has 0 unspecified atom stereocenters. The Morgan fingerprint density at radius 3 is 2.23 bits per heavy atom. The predicted molar refractivity (Wildman–Crippen MR) is 54.8 cm³/mol. The van der Waals surface area contributed by atoms with Crippen molar-refractivity contribution in [2.24, 2.45) is 0 Å². The summed E-state index contributed by atoms with van der Waals surface area (Å²) in [7, 11) is -3.65. The summed E-state index contributed by atoms with van der Waals surface area (Å²) in [5.41, 5.74) is 0. The van der Waals surface area contributed by atoms with Gasteiger partial charge in [-0.05, 0) is 23.9 Å². The number of rotatable bonds is 2. The number of hydrogen-bond acceptors (Lipinski definition) is 2. The Balaban J connectivity index is 0.00000144. The van der Waals surface area contributed by atoms with Gasteiger partial charge in [-0.1, -0.05) is 23.7 Å². The summed E-state index contributed by atoms with van der Waals surface area (Å²) >= 11 is 10.6. The normalized spacial score (nSPS) is 10.6. The number of nitrogens with one attached hydrogen (secondary N) is 1. The van der Waals surface area contributed by atoms with E-state index in [9.17, 15) is 8.42 Å². The van der Waals surface area contributed by atoms with Crippen molar-refractivity contribution in [2.45, 2.75) is 4.90 Å². The zero-order valence-electron chi connectivity index (χ0n) is 5.79. The molecule has 1 aromatic carbocycles. The average Bonchev–Trinajstić information content (AvgIpc) is 2.05. The molecule has 1 rings (SSSR count). The zero-order chi connectivity index (χ0) is 9.19. The van der Waals surface area contributed by atoms with Crippen LogP contribution in [0.15, 0.2) is 29.2 Å². The van der Waals surface area contributed by atoms with Gasteiger partial charge in [-0.25, -0.2) is 8.42 Å². The predicted octanol–water partition coefficient (Wildman–Crippen LogP) is 1.12. The van der Waals surface area contributed by atoms with E-state index >= 15 is 0 Å². The van der Waals surface area contributed by atoms with E-state index in [1.54, 1.807) is 16.4 Å². The standard InChI is InChI=1S/C6H5Cl2NO2S.Na.H/c7-5-3-1-2-4-6(5)12(10,11)9-8;;/h1-4,9H;;. The van der Waals surface area contributed by atoms with Crippen molar-refractivity contribution in [1.29, 1.82) is 0 Å². The molecule has 0 amide bonds. The van der Waals surface area contributed by atoms with E-state index in [4.69, 9.17) is 23.4 Å². The molecular formula is C6H6Cl2NNaO2S. The van der Waals surface area contributed by atoms with E-state index in [0.29, 0.717) is 0 Å². The Morgan fingerprint density at radius 2 is 1.77 bits per heavy atom. The minimum atomic E-state index is -3.65. The molecule has 0 saturated heterocycles. The van der Waals surface area contributed by atoms with E-state index in [1.807, 2.05) is 0 Å². The first-order valence-electron chi connectivity index (χ1n) is 2.95. The number of sulfonamides is 1. The summed E-state index contributed by atoms with van der Waals surface area (Å²) in [4.78, 5) is -0.0262. The monoisotopic (exact) mass is 249 g/mol. The van der Waals surface area contributed by atoms with Crippen LogP contribution in [0, 0.1) is 0 Å². The van der Waals surface area contributed by atoms with Gasteiger partial charge in [0.2, 0.25) is 0 Å². The van der Waals surface area contributed by atoms with Gasteiger partial charge in [0.25, 0.3) is 10.0 Å². The first-order valence-corrected chi connectivity index (χ1v) is 5.19. The number of benzene rings is 1. The molecule has 13 heavy (non-hydrogen) atoms. The summed E-state index contributed by atoms with van der Waals surface area (Å²) in [6, 6.07) is 6.04. The SMILES string of the molecule is O=S(=O)(NCl)c1ccccc1Cl.[NaH]. The third-order valence-electron chi connectivity index (χ3n) is 1.23. The molecule has 1 aromatic rings. The average molecular weight is 250 g/mol. The molecule has 0 aliphatic rings. The minimum absolute atomic E-state index is 0. The molecule has 0 aromatic heterocycles. The second-order valence-electron chi connectivity index (χ2n) is 2.01. The van der Waals surface area contributed by atoms with Gasteiger partial charge in [0.15, 0.2) is 0 Å². The van der Waals surface area contributed by atoms with Crippen LogP contribution in [0.4, 0.5) is 0 Å². The van der Waals surface area contributed by atoms with Crippen molar-refractivity contribution in [1.82, 2.24) is 4.24 Å². The summed E-state index contributed by atoms with van der Waals surface area (Å²) in [6.45, 7) is 0. The molecule has 0 radical (unpaired) electrons. The molecule has 0 heterocycles. The Kier molecular flexibility index (Phi) is 5.86. The van der Waals surface area contributed by atoms with Gasteiger partial charge in [-0.3, -0.25) is 0 Å². The Morgan fingerprint density at radius 1 is 1.23 bits per heavy atom. The van der Waals surface area contributed by atoms with Crippen LogP contribution in [0.25, 0.3) is 0 Å². The van der Waals surface area contributed by atoms with Crippen LogP contribution >= 0.6 is 23.4 Å². The Hall–Kier alpha value is 0.710. The van der Waals surface area contributed by atoms with Crippen molar-refractivity contribution < 1.29 is 8.42 Å². The van der Waals surface area contributed by atoms with Crippen LogP contribution in [0.3, 0.4) is 0 Å². The molecule has 7 heteroatoms. The van der Waals surface area contributed by atoms with Gasteiger partial charge in [-0.15, -0.1) is 4.24 Å².